The number of piperazine rings is 1. The van der Waals surface area contributed by atoms with Crippen LogP contribution in [0.25, 0.3) is 0 Å². The highest BCUT2D eigenvalue weighted by molar-refractivity contribution is 6.36. The molecule has 1 heterocycles. The van der Waals surface area contributed by atoms with Crippen molar-refractivity contribution in [2.75, 3.05) is 46.0 Å². The van der Waals surface area contributed by atoms with E-state index in [1.165, 1.54) is 4.90 Å². The molecule has 6 nitrogen and oxygen atoms in total. The number of carbonyl (C=O) groups is 2. The first-order chi connectivity index (χ1) is 9.91. The molecule has 1 aromatic carbocycles. The minimum atomic E-state index is -0.149. The molecular weight excluding hydrogens is 292 g/mol. The summed E-state index contributed by atoms with van der Waals surface area (Å²) in [6.07, 6.45) is 0. The third-order valence-corrected chi connectivity index (χ3v) is 3.90. The Morgan fingerprint density at radius 2 is 1.71 bits per heavy atom. The van der Waals surface area contributed by atoms with Crippen LogP contribution in [-0.2, 0) is 0 Å². The molecule has 1 fully saturated rings. The zero-order valence-corrected chi connectivity index (χ0v) is 12.9. The molecule has 1 aliphatic rings. The predicted molar refractivity (Wildman–Crippen MR) is 82.4 cm³/mol. The number of halogens is 1. The van der Waals surface area contributed by atoms with E-state index in [0.717, 1.165) is 0 Å². The molecule has 7 heteroatoms. The maximum Gasteiger partial charge on any atom is 0.319 e. The zero-order chi connectivity index (χ0) is 15.6. The van der Waals surface area contributed by atoms with Gasteiger partial charge in [0, 0.05) is 40.3 Å². The monoisotopic (exact) mass is 310 g/mol. The number of nitrogens with zero attached hydrogens (tertiary/aromatic N) is 3. The molecule has 0 spiro atoms. The summed E-state index contributed by atoms with van der Waals surface area (Å²) in [6.45, 7) is 2.01. The van der Waals surface area contributed by atoms with Gasteiger partial charge < -0.3 is 20.4 Å². The maximum atomic E-state index is 12.5. The Balaban J connectivity index is 2.04. The van der Waals surface area contributed by atoms with Crippen molar-refractivity contribution >= 4 is 29.2 Å². The highest BCUT2D eigenvalue weighted by Gasteiger charge is 2.26. The van der Waals surface area contributed by atoms with Gasteiger partial charge in [-0.1, -0.05) is 17.7 Å². The number of anilines is 1. The van der Waals surface area contributed by atoms with Crippen molar-refractivity contribution in [1.29, 1.82) is 0 Å². The van der Waals surface area contributed by atoms with Gasteiger partial charge in [0.05, 0.1) is 16.3 Å². The average Bonchev–Trinajstić information content (AvgIpc) is 2.48. The van der Waals surface area contributed by atoms with Gasteiger partial charge in [-0.3, -0.25) is 4.79 Å². The Hall–Kier alpha value is -1.95. The lowest BCUT2D eigenvalue weighted by Crippen LogP contribution is -2.52. The minimum absolute atomic E-state index is 0.0379. The van der Waals surface area contributed by atoms with Gasteiger partial charge in [-0.2, -0.15) is 0 Å². The summed E-state index contributed by atoms with van der Waals surface area (Å²) in [7, 11) is 3.43. The molecule has 0 unspecified atom stereocenters. The van der Waals surface area contributed by atoms with E-state index >= 15 is 0 Å². The number of hydrogen-bond donors (Lipinski definition) is 1. The van der Waals surface area contributed by atoms with E-state index < -0.39 is 0 Å². The molecule has 1 aromatic rings. The normalized spacial score (nSPS) is 15.0. The highest BCUT2D eigenvalue weighted by atomic mass is 35.5. The van der Waals surface area contributed by atoms with Crippen molar-refractivity contribution in [3.05, 3.63) is 28.8 Å². The second-order valence-electron chi connectivity index (χ2n) is 5.17. The van der Waals surface area contributed by atoms with E-state index in [-0.39, 0.29) is 17.0 Å². The predicted octanol–water partition coefficient (Wildman–Crippen LogP) is 1.36. The van der Waals surface area contributed by atoms with Crippen molar-refractivity contribution in [2.45, 2.75) is 0 Å². The van der Waals surface area contributed by atoms with Crippen LogP contribution in [0.1, 0.15) is 10.4 Å². The standard InChI is InChI=1S/C14H19ClN4O2/c1-17(2)14(21)19-8-6-18(7-9-19)13(20)10-4-3-5-11(16)12(10)15/h3-5H,6-9,16H2,1-2H3. The molecule has 21 heavy (non-hydrogen) atoms. The number of hydrogen-bond acceptors (Lipinski definition) is 3. The summed E-state index contributed by atoms with van der Waals surface area (Å²) < 4.78 is 0. The van der Waals surface area contributed by atoms with Gasteiger partial charge in [0.2, 0.25) is 0 Å². The SMILES string of the molecule is CN(C)C(=O)N1CCN(C(=O)c2cccc(N)c2Cl)CC1. The van der Waals surface area contributed by atoms with Crippen LogP contribution in [0.2, 0.25) is 5.02 Å². The molecule has 1 aliphatic heterocycles. The van der Waals surface area contributed by atoms with Gasteiger partial charge in [0.25, 0.3) is 5.91 Å². The van der Waals surface area contributed by atoms with Crippen LogP contribution in [-0.4, -0.2) is 66.9 Å². The van der Waals surface area contributed by atoms with Crippen LogP contribution in [0.15, 0.2) is 18.2 Å². The molecule has 2 N–H and O–H groups in total. The lowest BCUT2D eigenvalue weighted by molar-refractivity contribution is 0.0650. The molecule has 0 bridgehead atoms. The lowest BCUT2D eigenvalue weighted by Gasteiger charge is -2.36. The third-order valence-electron chi connectivity index (χ3n) is 3.48. The minimum Gasteiger partial charge on any atom is -0.398 e. The number of benzene rings is 1. The molecule has 3 amide bonds. The number of nitrogen functional groups attached to an aromatic ring is 1. The summed E-state index contributed by atoms with van der Waals surface area (Å²) in [6, 6.07) is 5.00. The Morgan fingerprint density at radius 1 is 1.14 bits per heavy atom. The summed E-state index contributed by atoms with van der Waals surface area (Å²) in [4.78, 5) is 29.3. The first-order valence-corrected chi connectivity index (χ1v) is 7.09. The fourth-order valence-corrected chi connectivity index (χ4v) is 2.48. The summed E-state index contributed by atoms with van der Waals surface area (Å²) in [5.74, 6) is -0.149. The van der Waals surface area contributed by atoms with Crippen molar-refractivity contribution in [3.8, 4) is 0 Å². The second kappa shape index (κ2) is 6.22. The molecule has 0 saturated carbocycles. The van der Waals surface area contributed by atoms with Crippen molar-refractivity contribution < 1.29 is 9.59 Å². The van der Waals surface area contributed by atoms with Crippen LogP contribution < -0.4 is 5.73 Å². The number of nitrogens with two attached hydrogens (primary N) is 1. The Bertz CT molecular complexity index is 554. The molecular formula is C14H19ClN4O2. The first kappa shape index (κ1) is 15.4. The quantitative estimate of drug-likeness (QED) is 0.796. The maximum absolute atomic E-state index is 12.5. The van der Waals surface area contributed by atoms with Gasteiger partial charge >= 0.3 is 6.03 Å². The van der Waals surface area contributed by atoms with E-state index in [1.54, 1.807) is 42.1 Å². The fraction of sp³-hybridized carbons (Fsp3) is 0.429. The van der Waals surface area contributed by atoms with Gasteiger partial charge in [-0.25, -0.2) is 4.79 Å². The fourth-order valence-electron chi connectivity index (χ4n) is 2.27. The van der Waals surface area contributed by atoms with E-state index in [1.807, 2.05) is 0 Å². The van der Waals surface area contributed by atoms with Crippen LogP contribution in [0.4, 0.5) is 10.5 Å². The Labute approximate surface area is 129 Å². The van der Waals surface area contributed by atoms with Crippen LogP contribution in [0.5, 0.6) is 0 Å². The van der Waals surface area contributed by atoms with Gasteiger partial charge in [-0.05, 0) is 12.1 Å². The van der Waals surface area contributed by atoms with Crippen LogP contribution in [0, 0.1) is 0 Å². The van der Waals surface area contributed by atoms with Gasteiger partial charge in [0.1, 0.15) is 0 Å². The zero-order valence-electron chi connectivity index (χ0n) is 12.2. The molecule has 1 saturated heterocycles. The van der Waals surface area contributed by atoms with E-state index in [9.17, 15) is 9.59 Å². The van der Waals surface area contributed by atoms with E-state index in [2.05, 4.69) is 0 Å². The van der Waals surface area contributed by atoms with Crippen molar-refractivity contribution in [1.82, 2.24) is 14.7 Å². The molecule has 0 aliphatic carbocycles. The number of rotatable bonds is 1. The Kier molecular flexibility index (Phi) is 4.57. The average molecular weight is 311 g/mol. The second-order valence-corrected chi connectivity index (χ2v) is 5.54. The number of amides is 3. The Morgan fingerprint density at radius 3 is 2.29 bits per heavy atom. The van der Waals surface area contributed by atoms with Crippen LogP contribution in [0.3, 0.4) is 0 Å². The lowest BCUT2D eigenvalue weighted by atomic mass is 10.1. The third kappa shape index (κ3) is 3.21. The van der Waals surface area contributed by atoms with Crippen LogP contribution >= 0.6 is 11.6 Å². The van der Waals surface area contributed by atoms with Gasteiger partial charge in [-0.15, -0.1) is 0 Å². The van der Waals surface area contributed by atoms with E-state index in [0.29, 0.717) is 37.4 Å². The molecule has 2 rings (SSSR count). The largest absolute Gasteiger partial charge is 0.398 e. The first-order valence-electron chi connectivity index (χ1n) is 6.71. The summed E-state index contributed by atoms with van der Waals surface area (Å²) in [5.41, 5.74) is 6.52. The van der Waals surface area contributed by atoms with E-state index in [4.69, 9.17) is 17.3 Å². The van der Waals surface area contributed by atoms with Gasteiger partial charge in [0.15, 0.2) is 0 Å². The highest BCUT2D eigenvalue weighted by Crippen LogP contribution is 2.24. The number of urea groups is 1. The van der Waals surface area contributed by atoms with Crippen molar-refractivity contribution in [3.63, 3.8) is 0 Å². The molecule has 0 radical (unpaired) electrons. The molecule has 0 aromatic heterocycles. The molecule has 114 valence electrons. The summed E-state index contributed by atoms with van der Waals surface area (Å²) >= 11 is 6.08. The molecule has 0 atom stereocenters. The smallest absolute Gasteiger partial charge is 0.319 e. The van der Waals surface area contributed by atoms with Crippen molar-refractivity contribution in [2.24, 2.45) is 0 Å². The summed E-state index contributed by atoms with van der Waals surface area (Å²) in [5, 5.41) is 0.286. The topological polar surface area (TPSA) is 69.9 Å². The number of carbonyl (C=O) groups excluding carboxylic acids is 2.